The fraction of sp³-hybridized carbons (Fsp3) is 0.833. The molecule has 124 valence electrons. The average molecular weight is 343 g/mol. The van der Waals surface area contributed by atoms with Gasteiger partial charge in [-0.2, -0.15) is 0 Å². The largest absolute Gasteiger partial charge is 0.387 e. The molecule has 2 atom stereocenters. The third kappa shape index (κ3) is 4.96. The first-order valence-corrected chi connectivity index (χ1v) is 6.57. The maximum atomic E-state index is 12.3. The Balaban J connectivity index is 0.00000200. The Kier molecular flexibility index (Phi) is 7.91. The summed E-state index contributed by atoms with van der Waals surface area (Å²) >= 11 is 0. The third-order valence-corrected chi connectivity index (χ3v) is 3.81. The highest BCUT2D eigenvalue weighted by Gasteiger charge is 2.36. The number of halogens is 2. The smallest absolute Gasteiger partial charge is 0.241 e. The van der Waals surface area contributed by atoms with Crippen molar-refractivity contribution < 1.29 is 14.7 Å². The molecule has 0 aromatic carbocycles. The van der Waals surface area contributed by atoms with Crippen LogP contribution in [0.1, 0.15) is 6.42 Å². The van der Waals surface area contributed by atoms with E-state index in [0.717, 1.165) is 6.54 Å². The molecule has 0 aromatic rings. The van der Waals surface area contributed by atoms with Crippen LogP contribution >= 0.6 is 24.8 Å². The van der Waals surface area contributed by atoms with E-state index in [9.17, 15) is 14.7 Å². The lowest BCUT2D eigenvalue weighted by Crippen LogP contribution is -2.59. The molecular formula is C12H24Cl2N4O3. The molecule has 0 spiro atoms. The number of carbonyl (C=O) groups excluding carboxylic acids is 2. The molecule has 2 saturated heterocycles. The van der Waals surface area contributed by atoms with E-state index >= 15 is 0 Å². The van der Waals surface area contributed by atoms with Crippen LogP contribution in [0.5, 0.6) is 0 Å². The van der Waals surface area contributed by atoms with Crippen molar-refractivity contribution in [3.63, 3.8) is 0 Å². The molecule has 0 bridgehead atoms. The molecule has 3 N–H and O–H groups in total. The van der Waals surface area contributed by atoms with Crippen molar-refractivity contribution in [1.82, 2.24) is 20.4 Å². The van der Waals surface area contributed by atoms with E-state index in [1.165, 1.54) is 0 Å². The molecule has 0 radical (unpaired) electrons. The highest BCUT2D eigenvalue weighted by molar-refractivity contribution is 5.86. The Labute approximate surface area is 137 Å². The van der Waals surface area contributed by atoms with Crippen molar-refractivity contribution in [2.24, 2.45) is 0 Å². The van der Waals surface area contributed by atoms with Gasteiger partial charge in [-0.25, -0.2) is 0 Å². The Morgan fingerprint density at radius 1 is 1.52 bits per heavy atom. The number of hydrogen-bond acceptors (Lipinski definition) is 5. The van der Waals surface area contributed by atoms with E-state index in [4.69, 9.17) is 0 Å². The van der Waals surface area contributed by atoms with E-state index in [-0.39, 0.29) is 49.2 Å². The summed E-state index contributed by atoms with van der Waals surface area (Å²) in [4.78, 5) is 26.7. The number of carbonyl (C=O) groups is 2. The van der Waals surface area contributed by atoms with Crippen molar-refractivity contribution in [2.45, 2.75) is 18.1 Å². The summed E-state index contributed by atoms with van der Waals surface area (Å²) in [7, 11) is 3.38. The Morgan fingerprint density at radius 2 is 2.19 bits per heavy atom. The van der Waals surface area contributed by atoms with Crippen LogP contribution in [0.4, 0.5) is 0 Å². The molecule has 2 fully saturated rings. The number of β-amino-alcohol motifs (C(OH)–C–C–N with tert-alkyl or cyclic N) is 1. The highest BCUT2D eigenvalue weighted by atomic mass is 35.5. The van der Waals surface area contributed by atoms with Gasteiger partial charge < -0.3 is 20.2 Å². The quantitative estimate of drug-likeness (QED) is 0.577. The van der Waals surface area contributed by atoms with Crippen LogP contribution in [0.15, 0.2) is 0 Å². The van der Waals surface area contributed by atoms with Crippen molar-refractivity contribution in [1.29, 1.82) is 0 Å². The molecule has 9 heteroatoms. The Morgan fingerprint density at radius 3 is 2.71 bits per heavy atom. The molecule has 0 aliphatic carbocycles. The van der Waals surface area contributed by atoms with Crippen LogP contribution in [0.25, 0.3) is 0 Å². The molecule has 2 aliphatic rings. The van der Waals surface area contributed by atoms with Crippen molar-refractivity contribution in [3.05, 3.63) is 0 Å². The van der Waals surface area contributed by atoms with Gasteiger partial charge >= 0.3 is 0 Å². The van der Waals surface area contributed by atoms with Gasteiger partial charge in [-0.15, -0.1) is 24.8 Å². The Bertz CT molecular complexity index is 378. The van der Waals surface area contributed by atoms with Crippen molar-refractivity contribution >= 4 is 36.6 Å². The minimum Gasteiger partial charge on any atom is -0.387 e. The highest BCUT2D eigenvalue weighted by Crippen LogP contribution is 2.16. The molecular weight excluding hydrogens is 319 g/mol. The maximum absolute atomic E-state index is 12.3. The third-order valence-electron chi connectivity index (χ3n) is 3.81. The molecule has 2 unspecified atom stereocenters. The van der Waals surface area contributed by atoms with Gasteiger partial charge in [0, 0.05) is 27.2 Å². The number of amides is 2. The fourth-order valence-corrected chi connectivity index (χ4v) is 2.60. The van der Waals surface area contributed by atoms with E-state index in [1.54, 1.807) is 23.9 Å². The van der Waals surface area contributed by atoms with Gasteiger partial charge in [0.05, 0.1) is 18.7 Å². The minimum atomic E-state index is -0.833. The van der Waals surface area contributed by atoms with Gasteiger partial charge in [-0.3, -0.25) is 14.9 Å². The summed E-state index contributed by atoms with van der Waals surface area (Å²) in [5.74, 6) is -0.0926. The Hall–Kier alpha value is -0.600. The summed E-state index contributed by atoms with van der Waals surface area (Å²) in [6, 6.07) is -0.384. The first-order chi connectivity index (χ1) is 8.91. The monoisotopic (exact) mass is 342 g/mol. The normalized spacial score (nSPS) is 28.6. The summed E-state index contributed by atoms with van der Waals surface area (Å²) in [5, 5.41) is 16.3. The summed E-state index contributed by atoms with van der Waals surface area (Å²) in [5.41, 5.74) is -0.833. The minimum absolute atomic E-state index is 0. The predicted molar refractivity (Wildman–Crippen MR) is 84.0 cm³/mol. The van der Waals surface area contributed by atoms with E-state index in [0.29, 0.717) is 26.1 Å². The van der Waals surface area contributed by atoms with E-state index < -0.39 is 5.60 Å². The average Bonchev–Trinajstić information content (AvgIpc) is 2.78. The molecule has 21 heavy (non-hydrogen) atoms. The first kappa shape index (κ1) is 20.4. The van der Waals surface area contributed by atoms with Crippen LogP contribution < -0.4 is 10.6 Å². The van der Waals surface area contributed by atoms with Crippen LogP contribution in [-0.4, -0.2) is 85.2 Å². The molecule has 7 nitrogen and oxygen atoms in total. The second kappa shape index (κ2) is 8.14. The predicted octanol–water partition coefficient (Wildman–Crippen LogP) is -1.56. The zero-order valence-electron chi connectivity index (χ0n) is 12.3. The van der Waals surface area contributed by atoms with E-state index in [2.05, 4.69) is 10.6 Å². The molecule has 2 aliphatic heterocycles. The SMILES string of the molecule is CN1CC(C(=O)N(C)CC2(O)CCNC2)NCC1=O.Cl.Cl. The maximum Gasteiger partial charge on any atom is 0.241 e. The fourth-order valence-electron chi connectivity index (χ4n) is 2.60. The van der Waals surface area contributed by atoms with Crippen LogP contribution in [-0.2, 0) is 9.59 Å². The zero-order valence-corrected chi connectivity index (χ0v) is 13.9. The lowest BCUT2D eigenvalue weighted by atomic mass is 10.0. The number of nitrogens with one attached hydrogen (secondary N) is 2. The number of hydrogen-bond donors (Lipinski definition) is 3. The number of aliphatic hydroxyl groups is 1. The first-order valence-electron chi connectivity index (χ1n) is 6.57. The molecule has 0 aromatic heterocycles. The van der Waals surface area contributed by atoms with Gasteiger partial charge in [0.2, 0.25) is 11.8 Å². The van der Waals surface area contributed by atoms with Crippen LogP contribution in [0.3, 0.4) is 0 Å². The standard InChI is InChI=1S/C12H22N4O3.2ClH/c1-15-6-9(14-5-10(15)17)11(18)16(2)8-12(19)3-4-13-7-12;;/h9,13-14,19H,3-8H2,1-2H3;2*1H. The zero-order chi connectivity index (χ0) is 14.0. The van der Waals surface area contributed by atoms with Crippen LogP contribution in [0.2, 0.25) is 0 Å². The summed E-state index contributed by atoms with van der Waals surface area (Å²) in [6.07, 6.45) is 0.654. The second-order valence-electron chi connectivity index (χ2n) is 5.55. The lowest BCUT2D eigenvalue weighted by molar-refractivity contribution is -0.140. The second-order valence-corrected chi connectivity index (χ2v) is 5.55. The van der Waals surface area contributed by atoms with Gasteiger partial charge in [-0.1, -0.05) is 0 Å². The van der Waals surface area contributed by atoms with Crippen molar-refractivity contribution in [3.8, 4) is 0 Å². The number of nitrogens with zero attached hydrogens (tertiary/aromatic N) is 2. The lowest BCUT2D eigenvalue weighted by Gasteiger charge is -2.34. The molecule has 2 rings (SSSR count). The molecule has 2 heterocycles. The number of piperazine rings is 1. The number of likely N-dealkylation sites (N-methyl/N-ethyl adjacent to an activating group) is 2. The van der Waals surface area contributed by atoms with Gasteiger partial charge in [0.15, 0.2) is 0 Å². The number of rotatable bonds is 3. The topological polar surface area (TPSA) is 84.9 Å². The van der Waals surface area contributed by atoms with Gasteiger partial charge in [0.25, 0.3) is 0 Å². The molecule has 0 saturated carbocycles. The summed E-state index contributed by atoms with van der Waals surface area (Å²) < 4.78 is 0. The van der Waals surface area contributed by atoms with Crippen molar-refractivity contribution in [2.75, 3.05) is 46.8 Å². The van der Waals surface area contributed by atoms with E-state index in [1.807, 2.05) is 0 Å². The van der Waals surface area contributed by atoms with Gasteiger partial charge in [-0.05, 0) is 13.0 Å². The molecule has 2 amide bonds. The van der Waals surface area contributed by atoms with Crippen LogP contribution in [0, 0.1) is 0 Å². The van der Waals surface area contributed by atoms with Gasteiger partial charge in [0.1, 0.15) is 6.04 Å². The summed E-state index contributed by atoms with van der Waals surface area (Å²) in [6.45, 7) is 2.17.